The second kappa shape index (κ2) is 7.77. The summed E-state index contributed by atoms with van der Waals surface area (Å²) in [4.78, 5) is 16.5. The number of rotatable bonds is 5. The van der Waals surface area contributed by atoms with Crippen molar-refractivity contribution in [2.45, 2.75) is 37.8 Å². The minimum atomic E-state index is -3.75. The SMILES string of the molecule is CC(C)n1cnc(S(=O)(=O)N2CCC[C@@H](C(=O)Nc3ccc(F)cc3)C2)c1. The summed E-state index contributed by atoms with van der Waals surface area (Å²) in [6.45, 7) is 4.34. The third kappa shape index (κ3) is 4.36. The molecule has 0 unspecified atom stereocenters. The summed E-state index contributed by atoms with van der Waals surface area (Å²) >= 11 is 0. The van der Waals surface area contributed by atoms with Crippen LogP contribution in [0.3, 0.4) is 0 Å². The molecule has 1 aromatic carbocycles. The van der Waals surface area contributed by atoms with E-state index < -0.39 is 15.9 Å². The van der Waals surface area contributed by atoms with Gasteiger partial charge in [-0.3, -0.25) is 4.79 Å². The Kier molecular flexibility index (Phi) is 5.61. The van der Waals surface area contributed by atoms with Crippen LogP contribution in [0, 0.1) is 11.7 Å². The van der Waals surface area contributed by atoms with Crippen LogP contribution in [0.25, 0.3) is 0 Å². The van der Waals surface area contributed by atoms with E-state index in [1.807, 2.05) is 13.8 Å². The number of halogens is 1. The molecule has 0 bridgehead atoms. The van der Waals surface area contributed by atoms with Gasteiger partial charge in [0.2, 0.25) is 5.91 Å². The Morgan fingerprint density at radius 2 is 2.00 bits per heavy atom. The van der Waals surface area contributed by atoms with Crippen molar-refractivity contribution in [3.05, 3.63) is 42.6 Å². The second-order valence-electron chi connectivity index (χ2n) is 6.95. The Morgan fingerprint density at radius 3 is 2.63 bits per heavy atom. The van der Waals surface area contributed by atoms with Crippen LogP contribution in [-0.4, -0.2) is 41.3 Å². The number of piperidine rings is 1. The van der Waals surface area contributed by atoms with E-state index in [4.69, 9.17) is 0 Å². The molecule has 1 aromatic heterocycles. The first-order valence-corrected chi connectivity index (χ1v) is 10.3. The molecule has 1 aliphatic heterocycles. The van der Waals surface area contributed by atoms with Gasteiger partial charge in [-0.05, 0) is 51.0 Å². The number of aromatic nitrogens is 2. The minimum Gasteiger partial charge on any atom is -0.334 e. The van der Waals surface area contributed by atoms with Crippen molar-refractivity contribution in [1.29, 1.82) is 0 Å². The molecule has 0 aliphatic carbocycles. The molecule has 1 fully saturated rings. The van der Waals surface area contributed by atoms with E-state index in [0.717, 1.165) is 0 Å². The van der Waals surface area contributed by atoms with Gasteiger partial charge in [0.1, 0.15) is 5.82 Å². The quantitative estimate of drug-likeness (QED) is 0.845. The summed E-state index contributed by atoms with van der Waals surface area (Å²) in [5.74, 6) is -1.12. The molecule has 9 heteroatoms. The molecule has 1 atom stereocenters. The molecule has 0 saturated carbocycles. The fraction of sp³-hybridized carbons (Fsp3) is 0.444. The smallest absolute Gasteiger partial charge is 0.262 e. The van der Waals surface area contributed by atoms with Crippen LogP contribution in [0.4, 0.5) is 10.1 Å². The molecule has 1 amide bonds. The fourth-order valence-electron chi connectivity index (χ4n) is 3.02. The zero-order valence-corrected chi connectivity index (χ0v) is 16.1. The van der Waals surface area contributed by atoms with Crippen LogP contribution in [0.2, 0.25) is 0 Å². The minimum absolute atomic E-state index is 0.00390. The molecule has 1 aliphatic rings. The molecular weight excluding hydrogens is 371 g/mol. The Balaban J connectivity index is 1.70. The number of carbonyl (C=O) groups is 1. The summed E-state index contributed by atoms with van der Waals surface area (Å²) in [6, 6.07) is 5.58. The average molecular weight is 394 g/mol. The molecule has 1 N–H and O–H groups in total. The lowest BCUT2D eigenvalue weighted by atomic mass is 9.99. The normalized spacial score (nSPS) is 18.6. The van der Waals surface area contributed by atoms with E-state index in [2.05, 4.69) is 10.3 Å². The molecule has 3 rings (SSSR count). The highest BCUT2D eigenvalue weighted by Crippen LogP contribution is 2.24. The molecular formula is C18H23FN4O3S. The first kappa shape index (κ1) is 19.5. The maximum atomic E-state index is 13.0. The van der Waals surface area contributed by atoms with Gasteiger partial charge in [-0.1, -0.05) is 0 Å². The van der Waals surface area contributed by atoms with Crippen molar-refractivity contribution < 1.29 is 17.6 Å². The van der Waals surface area contributed by atoms with Crippen molar-refractivity contribution in [3.63, 3.8) is 0 Å². The van der Waals surface area contributed by atoms with Crippen LogP contribution in [0.5, 0.6) is 0 Å². The highest BCUT2D eigenvalue weighted by atomic mass is 32.2. The Bertz CT molecular complexity index is 909. The number of benzene rings is 1. The van der Waals surface area contributed by atoms with Crippen molar-refractivity contribution in [2.24, 2.45) is 5.92 Å². The number of nitrogens with one attached hydrogen (secondary N) is 1. The Hall–Kier alpha value is -2.26. The number of sulfonamides is 1. The molecule has 2 aromatic rings. The summed E-state index contributed by atoms with van der Waals surface area (Å²) < 4.78 is 41.8. The summed E-state index contributed by atoms with van der Waals surface area (Å²) in [5.41, 5.74) is 0.483. The number of nitrogens with zero attached hydrogens (tertiary/aromatic N) is 3. The molecule has 27 heavy (non-hydrogen) atoms. The molecule has 1 saturated heterocycles. The number of imidazole rings is 1. The van der Waals surface area contributed by atoms with Crippen LogP contribution >= 0.6 is 0 Å². The van der Waals surface area contributed by atoms with E-state index >= 15 is 0 Å². The third-order valence-electron chi connectivity index (χ3n) is 4.64. The zero-order chi connectivity index (χ0) is 19.6. The van der Waals surface area contributed by atoms with E-state index in [1.165, 1.54) is 41.1 Å². The van der Waals surface area contributed by atoms with E-state index in [-0.39, 0.29) is 29.3 Å². The number of hydrogen-bond acceptors (Lipinski definition) is 4. The number of carbonyl (C=O) groups excluding carboxylic acids is 1. The van der Waals surface area contributed by atoms with Crippen LogP contribution in [0.15, 0.2) is 41.8 Å². The highest BCUT2D eigenvalue weighted by Gasteiger charge is 2.34. The lowest BCUT2D eigenvalue weighted by Crippen LogP contribution is -2.43. The average Bonchev–Trinajstić information content (AvgIpc) is 3.15. The zero-order valence-electron chi connectivity index (χ0n) is 15.3. The summed E-state index contributed by atoms with van der Waals surface area (Å²) in [5, 5.41) is 2.72. The van der Waals surface area contributed by atoms with Crippen molar-refractivity contribution >= 4 is 21.6 Å². The number of amides is 1. The lowest BCUT2D eigenvalue weighted by molar-refractivity contribution is -0.120. The molecule has 7 nitrogen and oxygen atoms in total. The van der Waals surface area contributed by atoms with Gasteiger partial charge in [-0.15, -0.1) is 0 Å². The Morgan fingerprint density at radius 1 is 1.30 bits per heavy atom. The van der Waals surface area contributed by atoms with E-state index in [1.54, 1.807) is 4.57 Å². The maximum Gasteiger partial charge on any atom is 0.262 e. The lowest BCUT2D eigenvalue weighted by Gasteiger charge is -2.30. The maximum absolute atomic E-state index is 13.0. The predicted molar refractivity (Wildman–Crippen MR) is 99.1 cm³/mol. The largest absolute Gasteiger partial charge is 0.334 e. The van der Waals surface area contributed by atoms with Gasteiger partial charge in [0.05, 0.1) is 12.2 Å². The van der Waals surface area contributed by atoms with Crippen molar-refractivity contribution in [3.8, 4) is 0 Å². The predicted octanol–water partition coefficient (Wildman–Crippen LogP) is 2.64. The third-order valence-corrected chi connectivity index (χ3v) is 6.40. The van der Waals surface area contributed by atoms with Gasteiger partial charge >= 0.3 is 0 Å². The summed E-state index contributed by atoms with van der Waals surface area (Å²) in [7, 11) is -3.75. The first-order chi connectivity index (χ1) is 12.8. The standard InChI is InChI=1S/C18H23FN4O3S/c1-13(2)22-11-17(20-12-22)27(25,26)23-9-3-4-14(10-23)18(24)21-16-7-5-15(19)6-8-16/h5-8,11-14H,3-4,9-10H2,1-2H3,(H,21,24)/t14-/m1/s1. The number of anilines is 1. The van der Waals surface area contributed by atoms with Crippen molar-refractivity contribution in [2.75, 3.05) is 18.4 Å². The second-order valence-corrected chi connectivity index (χ2v) is 8.84. The molecule has 0 spiro atoms. The van der Waals surface area contributed by atoms with Gasteiger partial charge in [0.25, 0.3) is 10.0 Å². The molecule has 146 valence electrons. The van der Waals surface area contributed by atoms with Gasteiger partial charge < -0.3 is 9.88 Å². The number of hydrogen-bond donors (Lipinski definition) is 1. The fourth-order valence-corrected chi connectivity index (χ4v) is 4.46. The van der Waals surface area contributed by atoms with E-state index in [0.29, 0.717) is 25.1 Å². The van der Waals surface area contributed by atoms with Gasteiger partial charge in [-0.25, -0.2) is 17.8 Å². The Labute approximate surface area is 158 Å². The van der Waals surface area contributed by atoms with E-state index in [9.17, 15) is 17.6 Å². The van der Waals surface area contributed by atoms with Crippen LogP contribution in [-0.2, 0) is 14.8 Å². The van der Waals surface area contributed by atoms with Crippen molar-refractivity contribution in [1.82, 2.24) is 13.9 Å². The first-order valence-electron chi connectivity index (χ1n) is 8.87. The van der Waals surface area contributed by atoms with Crippen LogP contribution in [0.1, 0.15) is 32.7 Å². The summed E-state index contributed by atoms with van der Waals surface area (Å²) in [6.07, 6.45) is 4.20. The monoisotopic (exact) mass is 394 g/mol. The topological polar surface area (TPSA) is 84.3 Å². The highest BCUT2D eigenvalue weighted by molar-refractivity contribution is 7.89. The van der Waals surface area contributed by atoms with Gasteiger partial charge in [0, 0.05) is 31.0 Å². The van der Waals surface area contributed by atoms with Crippen LogP contribution < -0.4 is 5.32 Å². The molecule has 0 radical (unpaired) electrons. The van der Waals surface area contributed by atoms with Gasteiger partial charge in [-0.2, -0.15) is 4.31 Å². The van der Waals surface area contributed by atoms with Gasteiger partial charge in [0.15, 0.2) is 5.03 Å². The molecule has 2 heterocycles.